The number of amides is 1. The average molecular weight is 303 g/mol. The Kier molecular flexibility index (Phi) is 6.12. The molecule has 0 aliphatic heterocycles. The molecule has 0 unspecified atom stereocenters. The van der Waals surface area contributed by atoms with Crippen LogP contribution in [0.1, 0.15) is 21.8 Å². The van der Waals surface area contributed by atoms with Gasteiger partial charge >= 0.3 is 0 Å². The number of carbonyl (C=O) groups is 1. The molecular weight excluding hydrogens is 282 g/mol. The number of methoxy groups -OCH3 is 1. The second kappa shape index (κ2) is 8.31. The van der Waals surface area contributed by atoms with Crippen molar-refractivity contribution in [1.29, 1.82) is 0 Å². The lowest BCUT2D eigenvalue weighted by Crippen LogP contribution is -2.27. The normalized spacial score (nSPS) is 10.9. The van der Waals surface area contributed by atoms with Crippen molar-refractivity contribution in [3.05, 3.63) is 53.4 Å². The number of carbonyl (C=O) groups excluding carboxylic acids is 1. The van der Waals surface area contributed by atoms with Gasteiger partial charge in [-0.3, -0.25) is 9.69 Å². The maximum absolute atomic E-state index is 11.8. The van der Waals surface area contributed by atoms with Gasteiger partial charge in [0.05, 0.1) is 13.2 Å². The molecule has 0 radical (unpaired) electrons. The van der Waals surface area contributed by atoms with Crippen LogP contribution in [-0.2, 0) is 17.8 Å². The molecule has 22 heavy (non-hydrogen) atoms. The molecule has 0 saturated heterocycles. The Labute approximate surface area is 130 Å². The van der Waals surface area contributed by atoms with Crippen LogP contribution >= 0.6 is 0 Å². The zero-order valence-corrected chi connectivity index (χ0v) is 12.9. The van der Waals surface area contributed by atoms with E-state index < -0.39 is 0 Å². The Hall–Kier alpha value is -2.18. The Bertz CT molecular complexity index is 583. The Morgan fingerprint density at radius 2 is 2.09 bits per heavy atom. The van der Waals surface area contributed by atoms with Crippen LogP contribution in [0.5, 0.6) is 0 Å². The maximum Gasteiger partial charge on any atom is 0.273 e. The molecular formula is C16H21N3O3. The molecule has 0 fully saturated rings. The van der Waals surface area contributed by atoms with Crippen molar-refractivity contribution in [2.24, 2.45) is 0 Å². The van der Waals surface area contributed by atoms with E-state index in [0.717, 1.165) is 6.54 Å². The lowest BCUT2D eigenvalue weighted by atomic mass is 10.2. The zero-order valence-electron chi connectivity index (χ0n) is 12.9. The topological polar surface area (TPSA) is 67.6 Å². The van der Waals surface area contributed by atoms with E-state index in [0.29, 0.717) is 31.2 Å². The first-order valence-electron chi connectivity index (χ1n) is 7.14. The molecule has 6 heteroatoms. The van der Waals surface area contributed by atoms with Crippen molar-refractivity contribution in [1.82, 2.24) is 15.4 Å². The van der Waals surface area contributed by atoms with Gasteiger partial charge in [0, 0.05) is 26.3 Å². The molecule has 118 valence electrons. The molecule has 2 rings (SSSR count). The summed E-state index contributed by atoms with van der Waals surface area (Å²) in [7, 11) is 3.58. The first-order chi connectivity index (χ1) is 10.7. The molecule has 0 aliphatic carbocycles. The third-order valence-electron chi connectivity index (χ3n) is 3.10. The smallest absolute Gasteiger partial charge is 0.273 e. The van der Waals surface area contributed by atoms with E-state index in [1.54, 1.807) is 13.2 Å². The summed E-state index contributed by atoms with van der Waals surface area (Å²) in [6.07, 6.45) is 0. The summed E-state index contributed by atoms with van der Waals surface area (Å²) in [4.78, 5) is 13.9. The molecule has 1 aromatic heterocycles. The van der Waals surface area contributed by atoms with E-state index in [2.05, 4.69) is 27.5 Å². The largest absolute Gasteiger partial charge is 0.383 e. The predicted molar refractivity (Wildman–Crippen MR) is 82.3 cm³/mol. The van der Waals surface area contributed by atoms with Crippen LogP contribution in [0.4, 0.5) is 0 Å². The molecule has 0 saturated carbocycles. The molecule has 6 nitrogen and oxygen atoms in total. The van der Waals surface area contributed by atoms with Crippen molar-refractivity contribution in [2.75, 3.05) is 27.3 Å². The van der Waals surface area contributed by atoms with Gasteiger partial charge in [-0.05, 0) is 12.6 Å². The SMILES string of the molecule is COCCNC(=O)c1cc(CN(C)Cc2ccccc2)on1. The number of hydrogen-bond acceptors (Lipinski definition) is 5. The number of ether oxygens (including phenoxy) is 1. The second-order valence-corrected chi connectivity index (χ2v) is 5.09. The van der Waals surface area contributed by atoms with Gasteiger partial charge in [0.25, 0.3) is 5.91 Å². The molecule has 1 N–H and O–H groups in total. The lowest BCUT2D eigenvalue weighted by molar-refractivity contribution is 0.0928. The third-order valence-corrected chi connectivity index (χ3v) is 3.10. The number of aromatic nitrogens is 1. The van der Waals surface area contributed by atoms with Crippen molar-refractivity contribution in [2.45, 2.75) is 13.1 Å². The highest BCUT2D eigenvalue weighted by molar-refractivity contribution is 5.92. The van der Waals surface area contributed by atoms with Crippen LogP contribution in [-0.4, -0.2) is 43.3 Å². The maximum atomic E-state index is 11.8. The van der Waals surface area contributed by atoms with Gasteiger partial charge in [-0.25, -0.2) is 0 Å². The summed E-state index contributed by atoms with van der Waals surface area (Å²) < 4.78 is 10.1. The summed E-state index contributed by atoms with van der Waals surface area (Å²) in [6.45, 7) is 2.31. The van der Waals surface area contributed by atoms with E-state index in [9.17, 15) is 4.79 Å². The summed E-state index contributed by atoms with van der Waals surface area (Å²) in [5.41, 5.74) is 1.52. The number of nitrogens with one attached hydrogen (secondary N) is 1. The third kappa shape index (κ3) is 4.98. The van der Waals surface area contributed by atoms with E-state index in [1.807, 2.05) is 25.2 Å². The first kappa shape index (κ1) is 16.2. The van der Waals surface area contributed by atoms with Crippen molar-refractivity contribution in [3.63, 3.8) is 0 Å². The van der Waals surface area contributed by atoms with Crippen molar-refractivity contribution < 1.29 is 14.1 Å². The fraction of sp³-hybridized carbons (Fsp3) is 0.375. The van der Waals surface area contributed by atoms with Gasteiger partial charge in [-0.1, -0.05) is 35.5 Å². The molecule has 0 atom stereocenters. The lowest BCUT2D eigenvalue weighted by Gasteiger charge is -2.14. The standard InChI is InChI=1S/C16H21N3O3/c1-19(11-13-6-4-3-5-7-13)12-14-10-15(18-22-14)16(20)17-8-9-21-2/h3-7,10H,8-9,11-12H2,1-2H3,(H,17,20). The molecule has 1 amide bonds. The highest BCUT2D eigenvalue weighted by Gasteiger charge is 2.13. The van der Waals surface area contributed by atoms with Crippen LogP contribution in [0.15, 0.2) is 40.9 Å². The minimum atomic E-state index is -0.252. The second-order valence-electron chi connectivity index (χ2n) is 5.09. The summed E-state index contributed by atoms with van der Waals surface area (Å²) in [5.74, 6) is 0.410. The van der Waals surface area contributed by atoms with Crippen LogP contribution in [0, 0.1) is 0 Å². The monoisotopic (exact) mass is 303 g/mol. The summed E-state index contributed by atoms with van der Waals surface area (Å²) in [6, 6.07) is 11.8. The average Bonchev–Trinajstić information content (AvgIpc) is 2.97. The summed E-state index contributed by atoms with van der Waals surface area (Å²) in [5, 5.41) is 6.51. The Balaban J connectivity index is 1.84. The molecule has 0 bridgehead atoms. The fourth-order valence-electron chi connectivity index (χ4n) is 2.07. The highest BCUT2D eigenvalue weighted by atomic mass is 16.5. The van der Waals surface area contributed by atoms with Gasteiger partial charge in [-0.2, -0.15) is 0 Å². The van der Waals surface area contributed by atoms with Crippen molar-refractivity contribution in [3.8, 4) is 0 Å². The Morgan fingerprint density at radius 1 is 1.32 bits per heavy atom. The quantitative estimate of drug-likeness (QED) is 0.752. The van der Waals surface area contributed by atoms with Crippen LogP contribution in [0.2, 0.25) is 0 Å². The molecule has 2 aromatic rings. The number of rotatable bonds is 8. The number of nitrogens with zero attached hydrogens (tertiary/aromatic N) is 2. The molecule has 0 spiro atoms. The zero-order chi connectivity index (χ0) is 15.8. The van der Waals surface area contributed by atoms with E-state index in [4.69, 9.17) is 9.26 Å². The van der Waals surface area contributed by atoms with E-state index in [1.165, 1.54) is 5.56 Å². The van der Waals surface area contributed by atoms with Gasteiger partial charge in [0.2, 0.25) is 0 Å². The van der Waals surface area contributed by atoms with Gasteiger partial charge in [0.1, 0.15) is 0 Å². The van der Waals surface area contributed by atoms with Crippen molar-refractivity contribution >= 4 is 5.91 Å². The van der Waals surface area contributed by atoms with Gasteiger partial charge in [0.15, 0.2) is 11.5 Å². The molecule has 0 aliphatic rings. The van der Waals surface area contributed by atoms with Crippen LogP contribution in [0.3, 0.4) is 0 Å². The number of benzene rings is 1. The van der Waals surface area contributed by atoms with Crippen LogP contribution in [0.25, 0.3) is 0 Å². The molecule has 1 aromatic carbocycles. The molecule has 1 heterocycles. The first-order valence-corrected chi connectivity index (χ1v) is 7.14. The fourth-order valence-corrected chi connectivity index (χ4v) is 2.07. The van der Waals surface area contributed by atoms with E-state index >= 15 is 0 Å². The minimum Gasteiger partial charge on any atom is -0.383 e. The van der Waals surface area contributed by atoms with Gasteiger partial charge in [-0.15, -0.1) is 0 Å². The number of hydrogen-bond donors (Lipinski definition) is 1. The van der Waals surface area contributed by atoms with Gasteiger partial charge < -0.3 is 14.6 Å². The highest BCUT2D eigenvalue weighted by Crippen LogP contribution is 2.09. The van der Waals surface area contributed by atoms with Crippen LogP contribution < -0.4 is 5.32 Å². The van der Waals surface area contributed by atoms with E-state index in [-0.39, 0.29) is 5.91 Å². The summed E-state index contributed by atoms with van der Waals surface area (Å²) >= 11 is 0. The predicted octanol–water partition coefficient (Wildman–Crippen LogP) is 1.68. The Morgan fingerprint density at radius 3 is 2.82 bits per heavy atom. The minimum absolute atomic E-state index is 0.252.